The number of likely N-dealkylation sites (N-methyl/N-ethyl adjacent to an activating group) is 1. The van der Waals surface area contributed by atoms with Gasteiger partial charge in [0.05, 0.1) is 55.3 Å². The number of hydrogen-bond donors (Lipinski definition) is 13. The molecule has 1 aliphatic carbocycles. The molecule has 8 rings (SSSR count). The number of rotatable bonds is 35. The van der Waals surface area contributed by atoms with E-state index in [1.54, 1.807) is 49.4 Å². The number of nitrogens with zero attached hydrogens (tertiary/aromatic N) is 4. The van der Waals surface area contributed by atoms with E-state index in [1.165, 1.54) is 24.6 Å². The molecule has 31 nitrogen and oxygen atoms in total. The lowest BCUT2D eigenvalue weighted by atomic mass is 9.84. The molecule has 0 bridgehead atoms. The molecular weight excluding hydrogens is 1270 g/mol. The van der Waals surface area contributed by atoms with Gasteiger partial charge in [-0.05, 0) is 74.3 Å². The van der Waals surface area contributed by atoms with Crippen LogP contribution < -0.4 is 42.8 Å². The first-order valence-electron chi connectivity index (χ1n) is 31.7. The summed E-state index contributed by atoms with van der Waals surface area (Å²) < 4.78 is 27.5. The Labute approximate surface area is 554 Å². The van der Waals surface area contributed by atoms with Crippen molar-refractivity contribution in [3.8, 4) is 11.4 Å². The number of esters is 1. The fourth-order valence-corrected chi connectivity index (χ4v) is 11.4. The number of nitrogens with one attached hydrogen (secondary N) is 7. The van der Waals surface area contributed by atoms with Crippen LogP contribution in [-0.4, -0.2) is 211 Å². The summed E-state index contributed by atoms with van der Waals surface area (Å²) in [6.07, 6.45) is -4.78. The molecule has 0 radical (unpaired) electrons. The maximum Gasteiger partial charge on any atom is 0.343 e. The number of benzene rings is 2. The van der Waals surface area contributed by atoms with Gasteiger partial charge in [0.2, 0.25) is 47.3 Å². The Bertz CT molecular complexity index is 3750. The molecule has 8 atom stereocenters. The predicted octanol–water partition coefficient (Wildman–Crippen LogP) is -3.27. The van der Waals surface area contributed by atoms with Gasteiger partial charge in [-0.2, -0.15) is 0 Å². The third kappa shape index (κ3) is 18.8. The van der Waals surface area contributed by atoms with Crippen molar-refractivity contribution in [1.29, 1.82) is 0 Å². The number of cyclic esters (lactones) is 1. The molecule has 3 aliphatic heterocycles. The van der Waals surface area contributed by atoms with Crippen LogP contribution in [0.15, 0.2) is 65.5 Å². The molecule has 0 saturated heterocycles. The van der Waals surface area contributed by atoms with E-state index in [9.17, 15) is 83.1 Å². The number of unbranched alkanes of at least 4 members (excludes halogenated alkanes) is 2. The van der Waals surface area contributed by atoms with Gasteiger partial charge in [0.25, 0.3) is 17.4 Å². The second-order valence-corrected chi connectivity index (χ2v) is 24.4. The highest BCUT2D eigenvalue weighted by atomic mass is 19.1. The largest absolute Gasteiger partial charge is 0.458 e. The lowest BCUT2D eigenvalue weighted by molar-refractivity contribution is -0.173. The molecule has 97 heavy (non-hydrogen) atoms. The molecule has 0 spiro atoms. The molecule has 5 heterocycles. The SMILES string of the molecule is Cc1cc2c(CNC(=O)[C@H](C)OCNC(=O)CNC(=O)[C@H](Cc3ccccc3)NC(=O)CNC(=O)CNC(=O)CC[C@H](NC(=O)CCCCCN3C(=O)C=CC3=O)C(=O)N(C)C[C@H](O)[C@@H](O)[C@H](O)[C@H](O)CO)c3c(nc2cc1F)-c1cc2c(c(=O)n1C3)COC(=O)[C@]2(O)CC1CC1. The number of carbonyl (C=O) groups is 11. The fraction of sp³-hybridized carbons (Fsp3) is 0.492. The summed E-state index contributed by atoms with van der Waals surface area (Å²) in [5.74, 6) is -8.35. The van der Waals surface area contributed by atoms with Crippen LogP contribution in [0.25, 0.3) is 22.3 Å². The van der Waals surface area contributed by atoms with Crippen LogP contribution in [0, 0.1) is 18.7 Å². The highest BCUT2D eigenvalue weighted by molar-refractivity contribution is 6.12. The van der Waals surface area contributed by atoms with Gasteiger partial charge in [-0.15, -0.1) is 0 Å². The number of aliphatic hydroxyl groups is 6. The van der Waals surface area contributed by atoms with E-state index in [4.69, 9.17) is 19.6 Å². The molecule has 13 N–H and O–H groups in total. The number of halogens is 1. The Balaban J connectivity index is 0.790. The van der Waals surface area contributed by atoms with E-state index in [1.807, 2.05) is 0 Å². The van der Waals surface area contributed by atoms with Crippen molar-refractivity contribution >= 4 is 75.9 Å². The average molecular weight is 1350 g/mol. The molecule has 1 fully saturated rings. The Hall–Kier alpha value is -9.44. The molecule has 1 saturated carbocycles. The van der Waals surface area contributed by atoms with Crippen LogP contribution in [0.2, 0.25) is 0 Å². The van der Waals surface area contributed by atoms with Gasteiger partial charge in [0.1, 0.15) is 61.8 Å². The van der Waals surface area contributed by atoms with Gasteiger partial charge >= 0.3 is 5.97 Å². The number of fused-ring (bicyclic) bond motifs is 5. The van der Waals surface area contributed by atoms with Crippen molar-refractivity contribution in [1.82, 2.24) is 56.6 Å². The van der Waals surface area contributed by atoms with Crippen LogP contribution in [-0.2, 0) is 93.9 Å². The van der Waals surface area contributed by atoms with Gasteiger partial charge in [-0.25, -0.2) is 14.2 Å². The van der Waals surface area contributed by atoms with E-state index in [2.05, 4.69) is 37.2 Å². The van der Waals surface area contributed by atoms with Crippen LogP contribution >= 0.6 is 0 Å². The van der Waals surface area contributed by atoms with Crippen molar-refractivity contribution < 1.29 is 97.2 Å². The van der Waals surface area contributed by atoms with E-state index < -0.39 is 171 Å². The van der Waals surface area contributed by atoms with Crippen LogP contribution in [0.1, 0.15) is 98.1 Å². The predicted molar refractivity (Wildman–Crippen MR) is 337 cm³/mol. The van der Waals surface area contributed by atoms with Crippen LogP contribution in [0.4, 0.5) is 4.39 Å². The van der Waals surface area contributed by atoms with Gasteiger partial charge in [0.15, 0.2) is 5.60 Å². The normalized spacial score (nSPS) is 17.5. The first kappa shape index (κ1) is 73.4. The Morgan fingerprint density at radius 2 is 1.43 bits per heavy atom. The number of aliphatic hydroxyl groups excluding tert-OH is 5. The van der Waals surface area contributed by atoms with Gasteiger partial charge in [0, 0.05) is 80.7 Å². The molecule has 0 unspecified atom stereocenters. The number of amides is 10. The molecule has 522 valence electrons. The number of imide groups is 1. The average Bonchev–Trinajstić information content (AvgIpc) is 1.62. The summed E-state index contributed by atoms with van der Waals surface area (Å²) in [6, 6.07) is 10.2. The van der Waals surface area contributed by atoms with E-state index >= 15 is 4.39 Å². The first-order chi connectivity index (χ1) is 46.2. The third-order valence-corrected chi connectivity index (χ3v) is 17.2. The smallest absolute Gasteiger partial charge is 0.343 e. The summed E-state index contributed by atoms with van der Waals surface area (Å²) >= 11 is 0. The minimum Gasteiger partial charge on any atom is -0.458 e. The summed E-state index contributed by atoms with van der Waals surface area (Å²) in [5.41, 5.74) is 0.525. The second kappa shape index (κ2) is 33.0. The number of aryl methyl sites for hydroxylation is 1. The zero-order chi connectivity index (χ0) is 70.4. The number of pyridine rings is 2. The summed E-state index contributed by atoms with van der Waals surface area (Å²) in [6.45, 7) is -1.41. The number of ether oxygens (including phenoxy) is 2. The monoisotopic (exact) mass is 1350 g/mol. The fourth-order valence-electron chi connectivity index (χ4n) is 11.4. The maximum atomic E-state index is 15.1. The summed E-state index contributed by atoms with van der Waals surface area (Å²) in [5, 5.41) is 79.4. The number of hydrogen-bond acceptors (Lipinski definition) is 21. The van der Waals surface area contributed by atoms with Crippen LogP contribution in [0.3, 0.4) is 0 Å². The summed E-state index contributed by atoms with van der Waals surface area (Å²) in [7, 11) is 1.19. The molecule has 2 aromatic heterocycles. The van der Waals surface area contributed by atoms with E-state index in [-0.39, 0.29) is 80.9 Å². The highest BCUT2D eigenvalue weighted by Gasteiger charge is 2.50. The molecule has 2 aromatic carbocycles. The van der Waals surface area contributed by atoms with E-state index in [0.717, 1.165) is 34.8 Å². The van der Waals surface area contributed by atoms with Crippen molar-refractivity contribution in [2.45, 2.75) is 146 Å². The van der Waals surface area contributed by atoms with Crippen LogP contribution in [0.5, 0.6) is 0 Å². The quantitative estimate of drug-likeness (QED) is 0.00819. The topological polar surface area (TPSA) is 453 Å². The number of aromatic nitrogens is 2. The lowest BCUT2D eigenvalue weighted by Crippen LogP contribution is -2.53. The van der Waals surface area contributed by atoms with Crippen molar-refractivity contribution in [2.24, 2.45) is 5.92 Å². The number of carbonyl (C=O) groups excluding carboxylic acids is 11. The van der Waals surface area contributed by atoms with Crippen molar-refractivity contribution in [3.05, 3.63) is 110 Å². The Morgan fingerprint density at radius 1 is 0.773 bits per heavy atom. The molecule has 4 aromatic rings. The molecule has 32 heteroatoms. The zero-order valence-electron chi connectivity index (χ0n) is 53.6. The Kier molecular flexibility index (Phi) is 25.0. The highest BCUT2D eigenvalue weighted by Crippen LogP contribution is 2.46. The zero-order valence-corrected chi connectivity index (χ0v) is 53.6. The van der Waals surface area contributed by atoms with E-state index in [0.29, 0.717) is 51.9 Å². The van der Waals surface area contributed by atoms with Gasteiger partial charge < -0.3 is 86.8 Å². The standard InChI is InChI=1S/C65H80FN11O20/c1-34-20-38-39(40-29-77-47(57(40)74-45(38)23-43(34)66)22-42-41(62(77)92)32-96-64(94)65(42,95)24-37-13-14-37)25-69-60(90)35(2)97-33-71-53(84)27-70-61(91)46(21-36-10-6-4-7-11-36)73-54(85)28-68-52(83)26-67-50(81)16-15-44(63(93)75(3)30-48(79)58(88)59(89)49(80)31-78)72-51(82)12-8-5-9-19-76-55(86)17-18-56(76)87/h4,6-7,10-11,17-18,20,22-23,35,37,44,46,48-49,58-59,78-80,88-89,95H,5,8-9,12-16,19,21,24-33H2,1-3H3,(H,67,81)(H,68,83)(H,69,90)(H,70,91)(H,71,84)(H,72,82)(H,73,85)/t35-,44-,46-,48-,49+,58+,59+,65-/m0/s1. The summed E-state index contributed by atoms with van der Waals surface area (Å²) in [4.78, 5) is 164. The lowest BCUT2D eigenvalue weighted by Gasteiger charge is -2.32. The minimum absolute atomic E-state index is 0.000254. The molecule has 4 aliphatic rings. The maximum absolute atomic E-state index is 15.1. The molecular formula is C65H80FN11O20. The third-order valence-electron chi connectivity index (χ3n) is 17.2. The van der Waals surface area contributed by atoms with Crippen molar-refractivity contribution in [2.75, 3.05) is 53.1 Å². The second-order valence-electron chi connectivity index (χ2n) is 24.4. The molecule has 10 amide bonds. The first-order valence-corrected chi connectivity index (χ1v) is 31.7. The minimum atomic E-state index is -2.05. The van der Waals surface area contributed by atoms with Gasteiger partial charge in [-0.3, -0.25) is 57.6 Å². The van der Waals surface area contributed by atoms with Gasteiger partial charge in [-0.1, -0.05) is 49.6 Å². The van der Waals surface area contributed by atoms with Crippen molar-refractivity contribution in [3.63, 3.8) is 0 Å². The Morgan fingerprint density at radius 3 is 2.13 bits per heavy atom.